The van der Waals surface area contributed by atoms with E-state index < -0.39 is 163 Å². The predicted molar refractivity (Wildman–Crippen MR) is 262 cm³/mol. The van der Waals surface area contributed by atoms with Gasteiger partial charge in [0.05, 0.1) is 37.7 Å². The molecule has 75 heavy (non-hydrogen) atoms. The Kier molecular flexibility index (Phi) is 27.4. The molecule has 0 aliphatic rings. The van der Waals surface area contributed by atoms with E-state index in [0.29, 0.717) is 5.69 Å². The van der Waals surface area contributed by atoms with E-state index in [-0.39, 0.29) is 44.1 Å². The van der Waals surface area contributed by atoms with Crippen molar-refractivity contribution in [2.24, 2.45) is 45.7 Å². The number of hydrogen-bond acceptors (Lipinski definition) is 16. The second-order valence-corrected chi connectivity index (χ2v) is 18.7. The Bertz CT molecular complexity index is 2200. The fourth-order valence-electron chi connectivity index (χ4n) is 6.94. The van der Waals surface area contributed by atoms with Gasteiger partial charge in [0.2, 0.25) is 53.2 Å². The number of carbonyl (C=O) groups excluding carboxylic acids is 9. The number of nitrogens with one attached hydrogen (secondary N) is 9. The van der Waals surface area contributed by atoms with Gasteiger partial charge in [-0.3, -0.25) is 57.7 Å². The smallest absolute Gasteiger partial charge is 0.326 e. The first-order valence-electron chi connectivity index (χ1n) is 23.7. The van der Waals surface area contributed by atoms with Gasteiger partial charge < -0.3 is 90.9 Å². The molecule has 31 heteroatoms. The molecular formula is C44H73N15O16. The highest BCUT2D eigenvalue weighted by Crippen LogP contribution is 2.11. The Hall–Kier alpha value is -7.96. The maximum absolute atomic E-state index is 14.0. The lowest BCUT2D eigenvalue weighted by Gasteiger charge is -2.29. The van der Waals surface area contributed by atoms with E-state index in [1.54, 1.807) is 13.8 Å². The third-order valence-corrected chi connectivity index (χ3v) is 10.9. The minimum Gasteiger partial charge on any atom is -0.481 e. The largest absolute Gasteiger partial charge is 0.481 e. The molecule has 1 aromatic rings. The Balaban J connectivity index is 3.47. The van der Waals surface area contributed by atoms with Crippen LogP contribution in [0.4, 0.5) is 0 Å². The van der Waals surface area contributed by atoms with Gasteiger partial charge in [-0.1, -0.05) is 41.5 Å². The van der Waals surface area contributed by atoms with Crippen LogP contribution in [0.1, 0.15) is 92.7 Å². The number of carboxylic acids is 3. The number of nitrogens with two attached hydrogens (primary N) is 4. The molecule has 0 fully saturated rings. The number of aromatic nitrogens is 2. The fourth-order valence-corrected chi connectivity index (χ4v) is 6.94. The number of aliphatic hydroxyl groups is 1. The predicted octanol–water partition coefficient (Wildman–Crippen LogP) is -6.14. The molecule has 0 unspecified atom stereocenters. The van der Waals surface area contributed by atoms with Gasteiger partial charge in [-0.25, -0.2) is 9.78 Å². The van der Waals surface area contributed by atoms with Crippen molar-refractivity contribution in [2.45, 2.75) is 154 Å². The Morgan fingerprint density at radius 1 is 0.573 bits per heavy atom. The van der Waals surface area contributed by atoms with E-state index in [2.05, 4.69) is 41.5 Å². The maximum atomic E-state index is 14.0. The number of aromatic amines is 1. The zero-order valence-corrected chi connectivity index (χ0v) is 42.7. The van der Waals surface area contributed by atoms with Crippen LogP contribution in [0.3, 0.4) is 0 Å². The quantitative estimate of drug-likeness (QED) is 0.0173. The average Bonchev–Trinajstić information content (AvgIpc) is 3.80. The maximum Gasteiger partial charge on any atom is 0.326 e. The third kappa shape index (κ3) is 24.1. The molecule has 1 rings (SSSR count). The SMILES string of the molecule is CC(C)C[C@H](NC(=O)[C@@H](N)Cc1cnc[nH]1)C(=O)N[C@@H](CCCN=C(N)N)C(=O)N[C@@H](CC(N)=O)C(=O)N[C@@H](CC(=O)O)C(=O)N[C@H](C(=O)N[C@@H](CC(=O)O)C(=O)N[C@H](C(=O)N[C@H](C(=O)O)C(C)C)C(C)C)[C@@H](C)O. The zero-order valence-electron chi connectivity index (χ0n) is 42.7. The normalized spacial score (nSPS) is 15.1. The first kappa shape index (κ1) is 65.1. The average molecular weight is 1070 g/mol. The zero-order chi connectivity index (χ0) is 57.4. The van der Waals surface area contributed by atoms with Crippen LogP contribution in [0.5, 0.6) is 0 Å². The number of nitrogens with zero attached hydrogens (tertiary/aromatic N) is 2. The van der Waals surface area contributed by atoms with Crippen molar-refractivity contribution in [2.75, 3.05) is 6.54 Å². The van der Waals surface area contributed by atoms with Gasteiger partial charge in [0.25, 0.3) is 0 Å². The highest BCUT2D eigenvalue weighted by atomic mass is 16.4. The number of rotatable bonds is 34. The van der Waals surface area contributed by atoms with Crippen molar-refractivity contribution in [1.29, 1.82) is 0 Å². The first-order chi connectivity index (χ1) is 34.8. The van der Waals surface area contributed by atoms with Crippen molar-refractivity contribution < 1.29 is 78.0 Å². The number of H-pyrrole nitrogens is 1. The highest BCUT2D eigenvalue weighted by molar-refractivity contribution is 6.00. The van der Waals surface area contributed by atoms with Gasteiger partial charge in [-0.15, -0.1) is 0 Å². The molecule has 0 spiro atoms. The Morgan fingerprint density at radius 3 is 1.44 bits per heavy atom. The molecule has 10 atom stereocenters. The summed E-state index contributed by atoms with van der Waals surface area (Å²) in [5.41, 5.74) is 22.9. The van der Waals surface area contributed by atoms with Crippen LogP contribution < -0.4 is 65.5 Å². The lowest BCUT2D eigenvalue weighted by Crippen LogP contribution is -2.62. The van der Waals surface area contributed by atoms with Crippen molar-refractivity contribution >= 4 is 77.0 Å². The summed E-state index contributed by atoms with van der Waals surface area (Å²) in [5.74, 6) is -17.0. The summed E-state index contributed by atoms with van der Waals surface area (Å²) >= 11 is 0. The van der Waals surface area contributed by atoms with E-state index in [9.17, 15) is 78.0 Å². The molecule has 0 saturated heterocycles. The van der Waals surface area contributed by atoms with Crippen molar-refractivity contribution in [3.63, 3.8) is 0 Å². The molecular weight excluding hydrogens is 995 g/mol. The fraction of sp³-hybridized carbons (Fsp3) is 0.636. The van der Waals surface area contributed by atoms with Gasteiger partial charge in [-0.05, 0) is 43.9 Å². The van der Waals surface area contributed by atoms with Crippen LogP contribution in [0, 0.1) is 17.8 Å². The van der Waals surface area contributed by atoms with Gasteiger partial charge in [0, 0.05) is 24.9 Å². The number of carbonyl (C=O) groups is 12. The summed E-state index contributed by atoms with van der Waals surface area (Å²) in [6.07, 6.45) is -2.47. The standard InChI is InChI=1S/C44H73N15O16/c1-18(2)11-25(53-35(66)23(45)12-22-16-49-17-51-22)37(68)52-24(9-8-10-50-44(47)48)36(67)54-26(13-29(46)61)38(69)55-27(14-30(62)63)40(71)59-34(21(7)60)42(73)56-28(15-31(64)65)39(70)57-32(19(3)4)41(72)58-33(20(5)6)43(74)75/h16-21,23-28,32-34,60H,8-15,45H2,1-7H3,(H2,46,61)(H,49,51)(H,52,68)(H,53,66)(H,54,67)(H,55,69)(H,56,73)(H,57,70)(H,58,72)(H,59,71)(H,62,63)(H,64,65)(H,74,75)(H4,47,48,50)/t21-,23+,24+,25+,26+,27+,28+,32+,33+,34+/m1/s1. The lowest BCUT2D eigenvalue weighted by molar-refractivity contribution is -0.144. The van der Waals surface area contributed by atoms with Crippen LogP contribution in [-0.4, -0.2) is 174 Å². The minimum atomic E-state index is -2.16. The number of aliphatic imine (C=N–C) groups is 1. The molecule has 1 heterocycles. The number of hydrogen-bond donors (Lipinski definition) is 17. The lowest BCUT2D eigenvalue weighted by atomic mass is 9.99. The summed E-state index contributed by atoms with van der Waals surface area (Å²) in [6, 6.07) is -15.0. The Labute approximate surface area is 431 Å². The summed E-state index contributed by atoms with van der Waals surface area (Å²) in [7, 11) is 0. The second-order valence-electron chi connectivity index (χ2n) is 18.7. The number of carboxylic acid groups (broad SMARTS) is 3. The van der Waals surface area contributed by atoms with Crippen LogP contribution in [0.15, 0.2) is 17.5 Å². The molecule has 0 aliphatic carbocycles. The molecule has 31 nitrogen and oxygen atoms in total. The van der Waals surface area contributed by atoms with Gasteiger partial charge in [0.1, 0.15) is 48.3 Å². The first-order valence-corrected chi connectivity index (χ1v) is 23.7. The number of guanidine groups is 1. The monoisotopic (exact) mass is 1070 g/mol. The number of primary amides is 1. The molecule has 0 radical (unpaired) electrons. The number of aliphatic hydroxyl groups excluding tert-OH is 1. The Morgan fingerprint density at radius 2 is 1.00 bits per heavy atom. The number of aliphatic carboxylic acids is 3. The van der Waals surface area contributed by atoms with Crippen LogP contribution in [0.25, 0.3) is 0 Å². The summed E-state index contributed by atoms with van der Waals surface area (Å²) in [4.78, 5) is 167. The van der Waals surface area contributed by atoms with E-state index in [4.69, 9.17) is 22.9 Å². The van der Waals surface area contributed by atoms with Crippen molar-refractivity contribution in [1.82, 2.24) is 52.5 Å². The molecule has 0 aromatic carbocycles. The minimum absolute atomic E-state index is 0.0306. The van der Waals surface area contributed by atoms with Crippen molar-refractivity contribution in [3.05, 3.63) is 18.2 Å². The van der Waals surface area contributed by atoms with E-state index in [0.717, 1.165) is 6.92 Å². The van der Waals surface area contributed by atoms with Gasteiger partial charge in [-0.2, -0.15) is 0 Å². The van der Waals surface area contributed by atoms with Gasteiger partial charge >= 0.3 is 17.9 Å². The molecule has 0 aliphatic heterocycles. The molecule has 1 aromatic heterocycles. The number of imidazole rings is 1. The van der Waals surface area contributed by atoms with Crippen LogP contribution in [0.2, 0.25) is 0 Å². The third-order valence-electron chi connectivity index (χ3n) is 10.9. The van der Waals surface area contributed by atoms with E-state index in [1.807, 2.05) is 16.0 Å². The molecule has 9 amide bonds. The molecule has 21 N–H and O–H groups in total. The van der Waals surface area contributed by atoms with Crippen molar-refractivity contribution in [3.8, 4) is 0 Å². The summed E-state index contributed by atoms with van der Waals surface area (Å²) in [6.45, 7) is 10.4. The van der Waals surface area contributed by atoms with Crippen LogP contribution >= 0.6 is 0 Å². The van der Waals surface area contributed by atoms with Gasteiger partial charge in [0.15, 0.2) is 5.96 Å². The second kappa shape index (κ2) is 31.6. The molecule has 0 saturated carbocycles. The van der Waals surface area contributed by atoms with E-state index in [1.165, 1.54) is 40.2 Å². The summed E-state index contributed by atoms with van der Waals surface area (Å²) in [5, 5.41) is 57.5. The number of amides is 9. The topological polar surface area (TPSA) is 527 Å². The van der Waals surface area contributed by atoms with E-state index >= 15 is 0 Å². The summed E-state index contributed by atoms with van der Waals surface area (Å²) < 4.78 is 0. The molecule has 0 bridgehead atoms. The van der Waals surface area contributed by atoms with Crippen LogP contribution in [-0.2, 0) is 64.0 Å². The molecule has 420 valence electrons. The highest BCUT2D eigenvalue weighted by Gasteiger charge is 2.38.